The van der Waals surface area contributed by atoms with Crippen molar-refractivity contribution in [3.05, 3.63) is 12.2 Å². The lowest BCUT2D eigenvalue weighted by Crippen LogP contribution is -2.52. The van der Waals surface area contributed by atoms with E-state index in [-0.39, 0.29) is 12.5 Å². The molecule has 0 spiro atoms. The summed E-state index contributed by atoms with van der Waals surface area (Å²) in [6.45, 7) is 10.1. The van der Waals surface area contributed by atoms with Gasteiger partial charge in [0.2, 0.25) is 0 Å². The van der Waals surface area contributed by atoms with Crippen LogP contribution in [0.5, 0.6) is 0 Å². The standard InChI is InChI=1S/C17H33NO3/c1-4-7-8-9-12-16(19)15-18(5-2,6-3)14-11-10-13-17(20)21/h4,7,16,19H,5-6,8-15H2,1-3H3/p+1/b7-4+. The number of unbranched alkanes of at least 4 members (excludes halogenated alkanes) is 2. The summed E-state index contributed by atoms with van der Waals surface area (Å²) in [4.78, 5) is 10.6. The molecule has 0 saturated carbocycles. The van der Waals surface area contributed by atoms with Gasteiger partial charge in [0.25, 0.3) is 0 Å². The molecule has 0 aliphatic carbocycles. The first-order valence-electron chi connectivity index (χ1n) is 8.35. The second-order valence-electron chi connectivity index (χ2n) is 5.88. The Balaban J connectivity index is 4.20. The van der Waals surface area contributed by atoms with Gasteiger partial charge in [-0.1, -0.05) is 12.2 Å². The van der Waals surface area contributed by atoms with Crippen molar-refractivity contribution in [2.45, 2.75) is 65.4 Å². The summed E-state index contributed by atoms with van der Waals surface area (Å²) < 4.78 is 0.893. The molecule has 0 saturated heterocycles. The molecule has 0 aromatic carbocycles. The van der Waals surface area contributed by atoms with Gasteiger partial charge in [-0.25, -0.2) is 0 Å². The molecule has 21 heavy (non-hydrogen) atoms. The zero-order valence-corrected chi connectivity index (χ0v) is 14.1. The van der Waals surface area contributed by atoms with Crippen molar-refractivity contribution in [3.8, 4) is 0 Å². The molecule has 0 bridgehead atoms. The Bertz CT molecular complexity index is 298. The third-order valence-corrected chi connectivity index (χ3v) is 4.36. The second kappa shape index (κ2) is 11.8. The van der Waals surface area contributed by atoms with E-state index in [9.17, 15) is 9.90 Å². The van der Waals surface area contributed by atoms with Crippen LogP contribution in [0.25, 0.3) is 0 Å². The number of hydrogen-bond acceptors (Lipinski definition) is 2. The molecule has 0 radical (unpaired) electrons. The zero-order valence-electron chi connectivity index (χ0n) is 14.1. The average molecular weight is 300 g/mol. The van der Waals surface area contributed by atoms with E-state index in [4.69, 9.17) is 5.11 Å². The smallest absolute Gasteiger partial charge is 0.303 e. The molecule has 0 fully saturated rings. The second-order valence-corrected chi connectivity index (χ2v) is 5.88. The van der Waals surface area contributed by atoms with Crippen LogP contribution in [0.1, 0.15) is 59.3 Å². The van der Waals surface area contributed by atoms with Crippen molar-refractivity contribution in [2.24, 2.45) is 0 Å². The normalized spacial score (nSPS) is 13.7. The Morgan fingerprint density at radius 3 is 2.38 bits per heavy atom. The Morgan fingerprint density at radius 1 is 1.19 bits per heavy atom. The van der Waals surface area contributed by atoms with E-state index in [0.29, 0.717) is 0 Å². The largest absolute Gasteiger partial charge is 0.481 e. The minimum absolute atomic E-state index is 0.249. The zero-order chi connectivity index (χ0) is 16.1. The van der Waals surface area contributed by atoms with E-state index >= 15 is 0 Å². The Kier molecular flexibility index (Phi) is 11.3. The molecule has 4 heteroatoms. The number of rotatable bonds is 13. The number of carboxylic acids is 1. The number of aliphatic hydroxyl groups is 1. The third kappa shape index (κ3) is 9.64. The topological polar surface area (TPSA) is 57.5 Å². The fourth-order valence-electron chi connectivity index (χ4n) is 2.79. The molecule has 2 N–H and O–H groups in total. The molecule has 0 aliphatic heterocycles. The number of carboxylic acid groups (broad SMARTS) is 1. The molecular formula is C17H34NO3+. The number of hydrogen-bond donors (Lipinski definition) is 2. The minimum atomic E-state index is -0.717. The highest BCUT2D eigenvalue weighted by atomic mass is 16.4. The van der Waals surface area contributed by atoms with Gasteiger partial charge in [-0.2, -0.15) is 0 Å². The van der Waals surface area contributed by atoms with Crippen molar-refractivity contribution in [1.29, 1.82) is 0 Å². The minimum Gasteiger partial charge on any atom is -0.481 e. The van der Waals surface area contributed by atoms with Gasteiger partial charge in [0.15, 0.2) is 0 Å². The molecule has 1 atom stereocenters. The number of carbonyl (C=O) groups is 1. The molecule has 0 aliphatic rings. The van der Waals surface area contributed by atoms with Crippen LogP contribution < -0.4 is 0 Å². The lowest BCUT2D eigenvalue weighted by molar-refractivity contribution is -0.928. The van der Waals surface area contributed by atoms with Gasteiger partial charge in [-0.05, 0) is 52.9 Å². The highest BCUT2D eigenvalue weighted by Crippen LogP contribution is 2.14. The summed E-state index contributed by atoms with van der Waals surface area (Å²) in [6, 6.07) is 0. The van der Waals surface area contributed by atoms with Crippen molar-refractivity contribution in [1.82, 2.24) is 0 Å². The predicted molar refractivity (Wildman–Crippen MR) is 87.2 cm³/mol. The van der Waals surface area contributed by atoms with Crippen molar-refractivity contribution in [3.63, 3.8) is 0 Å². The number of likely N-dealkylation sites (N-methyl/N-ethyl adjacent to an activating group) is 1. The first-order valence-corrected chi connectivity index (χ1v) is 8.35. The van der Waals surface area contributed by atoms with Crippen LogP contribution in [-0.4, -0.2) is 52.9 Å². The van der Waals surface area contributed by atoms with Crippen LogP contribution in [0.4, 0.5) is 0 Å². The summed E-state index contributed by atoms with van der Waals surface area (Å²) in [5, 5.41) is 19.0. The highest BCUT2D eigenvalue weighted by molar-refractivity contribution is 5.66. The van der Waals surface area contributed by atoms with Crippen LogP contribution in [0, 0.1) is 0 Å². The number of quaternary nitrogens is 1. The van der Waals surface area contributed by atoms with Gasteiger partial charge < -0.3 is 14.7 Å². The van der Waals surface area contributed by atoms with E-state index in [0.717, 1.165) is 62.8 Å². The quantitative estimate of drug-likeness (QED) is 0.312. The van der Waals surface area contributed by atoms with E-state index in [1.807, 2.05) is 13.0 Å². The summed E-state index contributed by atoms with van der Waals surface area (Å²) in [5.74, 6) is -0.717. The highest BCUT2D eigenvalue weighted by Gasteiger charge is 2.26. The maximum absolute atomic E-state index is 10.6. The van der Waals surface area contributed by atoms with E-state index in [1.54, 1.807) is 0 Å². The number of aliphatic carboxylic acids is 1. The average Bonchev–Trinajstić information content (AvgIpc) is 2.46. The van der Waals surface area contributed by atoms with Crippen LogP contribution in [-0.2, 0) is 4.79 Å². The van der Waals surface area contributed by atoms with Gasteiger partial charge in [0.05, 0.1) is 19.6 Å². The van der Waals surface area contributed by atoms with E-state index in [1.165, 1.54) is 0 Å². The number of allylic oxidation sites excluding steroid dienone is 2. The molecule has 0 heterocycles. The molecule has 1 unspecified atom stereocenters. The lowest BCUT2D eigenvalue weighted by Gasteiger charge is -2.38. The molecule has 0 rings (SSSR count). The van der Waals surface area contributed by atoms with Gasteiger partial charge in [0, 0.05) is 6.42 Å². The summed E-state index contributed by atoms with van der Waals surface area (Å²) in [6.07, 6.45) is 8.73. The lowest BCUT2D eigenvalue weighted by atomic mass is 10.1. The molecular weight excluding hydrogens is 266 g/mol. The van der Waals surface area contributed by atoms with Crippen LogP contribution in [0.3, 0.4) is 0 Å². The van der Waals surface area contributed by atoms with E-state index < -0.39 is 5.97 Å². The summed E-state index contributed by atoms with van der Waals surface area (Å²) >= 11 is 0. The molecule has 124 valence electrons. The molecule has 0 amide bonds. The Labute approximate surface area is 130 Å². The first kappa shape index (κ1) is 20.1. The molecule has 4 nitrogen and oxygen atoms in total. The maximum Gasteiger partial charge on any atom is 0.303 e. The van der Waals surface area contributed by atoms with Crippen LogP contribution >= 0.6 is 0 Å². The Morgan fingerprint density at radius 2 is 1.86 bits per heavy atom. The van der Waals surface area contributed by atoms with Gasteiger partial charge in [0.1, 0.15) is 12.6 Å². The van der Waals surface area contributed by atoms with Crippen molar-refractivity contribution >= 4 is 5.97 Å². The van der Waals surface area contributed by atoms with Gasteiger partial charge in [-0.15, -0.1) is 0 Å². The van der Waals surface area contributed by atoms with Crippen LogP contribution in [0.15, 0.2) is 12.2 Å². The Hall–Kier alpha value is -0.870. The fraction of sp³-hybridized carbons (Fsp3) is 0.824. The SMILES string of the molecule is C/C=C/CCCC(O)C[N+](CC)(CC)CCCCC(=O)O. The molecule has 0 aromatic rings. The predicted octanol–water partition coefficient (Wildman–Crippen LogP) is 3.21. The van der Waals surface area contributed by atoms with Crippen molar-refractivity contribution < 1.29 is 19.5 Å². The maximum atomic E-state index is 10.6. The molecule has 0 aromatic heterocycles. The van der Waals surface area contributed by atoms with Crippen LogP contribution in [0.2, 0.25) is 0 Å². The van der Waals surface area contributed by atoms with Gasteiger partial charge >= 0.3 is 5.97 Å². The first-order chi connectivity index (χ1) is 9.99. The third-order valence-electron chi connectivity index (χ3n) is 4.36. The number of aliphatic hydroxyl groups excluding tert-OH is 1. The fourth-order valence-corrected chi connectivity index (χ4v) is 2.79. The monoisotopic (exact) mass is 300 g/mol. The summed E-state index contributed by atoms with van der Waals surface area (Å²) in [5.41, 5.74) is 0. The van der Waals surface area contributed by atoms with Crippen molar-refractivity contribution in [2.75, 3.05) is 26.2 Å². The van der Waals surface area contributed by atoms with E-state index in [2.05, 4.69) is 19.9 Å². The van der Waals surface area contributed by atoms with Gasteiger partial charge in [-0.3, -0.25) is 4.79 Å². The number of nitrogens with zero attached hydrogens (tertiary/aromatic N) is 1. The summed E-state index contributed by atoms with van der Waals surface area (Å²) in [7, 11) is 0.